The van der Waals surface area contributed by atoms with E-state index in [1.165, 1.54) is 42.5 Å². The molecule has 15 heteroatoms. The standard InChI is InChI=1S/C28H18ClF5N4O5/c1-27(30,31)12-38-22(13-8-10-14(11-9-13)41-18-7-3-5-16(29)24(18)43-28(32,33)34)19-20(36-37-21(19)25(38)39)15-4-2-6-17-23(15)42-26(40)35-17/h2-11,22H,12H2,1H3,(H,35,40)(H,36,37). The summed E-state index contributed by atoms with van der Waals surface area (Å²) in [6.07, 6.45) is -5.03. The van der Waals surface area contributed by atoms with Gasteiger partial charge in [-0.05, 0) is 42.0 Å². The van der Waals surface area contributed by atoms with E-state index >= 15 is 0 Å². The first-order chi connectivity index (χ1) is 20.3. The predicted octanol–water partition coefficient (Wildman–Crippen LogP) is 7.06. The number of carbonyl (C=O) groups excluding carboxylic acids is 1. The number of carbonyl (C=O) groups is 1. The van der Waals surface area contributed by atoms with Crippen LogP contribution in [0.5, 0.6) is 17.2 Å². The first kappa shape index (κ1) is 28.3. The molecule has 1 aliphatic rings. The number of H-pyrrole nitrogens is 2. The number of aromatic amines is 2. The Morgan fingerprint density at radius 3 is 2.44 bits per heavy atom. The molecule has 2 N–H and O–H groups in total. The van der Waals surface area contributed by atoms with Crippen molar-refractivity contribution in [1.82, 2.24) is 20.1 Å². The van der Waals surface area contributed by atoms with Crippen molar-refractivity contribution in [2.75, 3.05) is 6.54 Å². The molecule has 0 radical (unpaired) electrons. The van der Waals surface area contributed by atoms with Crippen molar-refractivity contribution in [3.8, 4) is 28.5 Å². The van der Waals surface area contributed by atoms with Crippen LogP contribution in [0.2, 0.25) is 5.02 Å². The second kappa shape index (κ2) is 10.2. The molecule has 9 nitrogen and oxygen atoms in total. The summed E-state index contributed by atoms with van der Waals surface area (Å²) in [4.78, 5) is 28.8. The molecule has 1 amide bonds. The number of aromatic nitrogens is 3. The van der Waals surface area contributed by atoms with Crippen molar-refractivity contribution in [2.24, 2.45) is 0 Å². The zero-order chi connectivity index (χ0) is 30.7. The highest BCUT2D eigenvalue weighted by molar-refractivity contribution is 6.32. The lowest BCUT2D eigenvalue weighted by Crippen LogP contribution is -2.38. The maximum absolute atomic E-state index is 14.3. The van der Waals surface area contributed by atoms with Crippen LogP contribution in [0.3, 0.4) is 0 Å². The minimum absolute atomic E-state index is 0.0210. The number of hydrogen-bond acceptors (Lipinski definition) is 6. The van der Waals surface area contributed by atoms with Crippen molar-refractivity contribution in [2.45, 2.75) is 25.3 Å². The van der Waals surface area contributed by atoms with Crippen molar-refractivity contribution >= 4 is 28.6 Å². The van der Waals surface area contributed by atoms with Crippen LogP contribution in [-0.2, 0) is 0 Å². The van der Waals surface area contributed by atoms with Gasteiger partial charge in [-0.15, -0.1) is 13.2 Å². The summed E-state index contributed by atoms with van der Waals surface area (Å²) >= 11 is 5.90. The lowest BCUT2D eigenvalue weighted by atomic mass is 9.95. The highest BCUT2D eigenvalue weighted by atomic mass is 35.5. The fourth-order valence-electron chi connectivity index (χ4n) is 5.00. The molecule has 1 unspecified atom stereocenters. The molecule has 5 aromatic rings. The number of hydrogen-bond donors (Lipinski definition) is 2. The van der Waals surface area contributed by atoms with Crippen LogP contribution in [0.15, 0.2) is 69.9 Å². The number of fused-ring (bicyclic) bond motifs is 2. The van der Waals surface area contributed by atoms with Crippen molar-refractivity contribution in [1.29, 1.82) is 0 Å². The molecule has 1 atom stereocenters. The Kier molecular flexibility index (Phi) is 6.68. The fraction of sp³-hybridized carbons (Fsp3) is 0.179. The molecule has 0 fully saturated rings. The van der Waals surface area contributed by atoms with Gasteiger partial charge < -0.3 is 18.8 Å². The van der Waals surface area contributed by atoms with Gasteiger partial charge in [-0.2, -0.15) is 5.10 Å². The number of benzene rings is 3. The van der Waals surface area contributed by atoms with E-state index in [-0.39, 0.29) is 39.1 Å². The summed E-state index contributed by atoms with van der Waals surface area (Å²) in [5, 5.41) is 6.57. The van der Waals surface area contributed by atoms with Crippen LogP contribution in [-0.4, -0.2) is 44.8 Å². The lowest BCUT2D eigenvalue weighted by Gasteiger charge is -2.28. The molecule has 1 aliphatic heterocycles. The van der Waals surface area contributed by atoms with E-state index in [0.717, 1.165) is 4.90 Å². The molecule has 3 aromatic carbocycles. The van der Waals surface area contributed by atoms with Gasteiger partial charge in [-0.3, -0.25) is 14.9 Å². The van der Waals surface area contributed by atoms with Gasteiger partial charge in [0.15, 0.2) is 17.1 Å². The van der Waals surface area contributed by atoms with E-state index in [2.05, 4.69) is 19.9 Å². The quantitative estimate of drug-likeness (QED) is 0.188. The molecule has 222 valence electrons. The number of halogens is 6. The molecular formula is C28H18ClF5N4O5. The number of ether oxygens (including phenoxy) is 2. The second-order valence-corrected chi connectivity index (χ2v) is 10.2. The molecule has 0 spiro atoms. The highest BCUT2D eigenvalue weighted by Gasteiger charge is 2.45. The molecule has 0 aliphatic carbocycles. The molecule has 43 heavy (non-hydrogen) atoms. The maximum Gasteiger partial charge on any atom is 0.573 e. The number of nitrogens with zero attached hydrogens (tertiary/aromatic N) is 2. The first-order valence-electron chi connectivity index (χ1n) is 12.5. The van der Waals surface area contributed by atoms with E-state index in [0.29, 0.717) is 23.6 Å². The van der Waals surface area contributed by atoms with Gasteiger partial charge in [-0.25, -0.2) is 13.6 Å². The third kappa shape index (κ3) is 5.41. The van der Waals surface area contributed by atoms with Crippen LogP contribution in [0.1, 0.15) is 34.6 Å². The first-order valence-corrected chi connectivity index (χ1v) is 12.9. The minimum Gasteiger partial charge on any atom is -0.453 e. The topological polar surface area (TPSA) is 113 Å². The van der Waals surface area contributed by atoms with Crippen LogP contribution in [0.4, 0.5) is 22.0 Å². The van der Waals surface area contributed by atoms with Gasteiger partial charge in [0.05, 0.1) is 23.1 Å². The molecule has 3 heterocycles. The molecule has 0 saturated carbocycles. The average molecular weight is 621 g/mol. The second-order valence-electron chi connectivity index (χ2n) is 9.75. The summed E-state index contributed by atoms with van der Waals surface area (Å²) in [5.41, 5.74) is 1.70. The smallest absolute Gasteiger partial charge is 0.453 e. The minimum atomic E-state index is -5.03. The average Bonchev–Trinajstić information content (AvgIpc) is 3.59. The SMILES string of the molecule is CC(F)(F)CN1C(=O)c2[nH]nc(-c3cccc4[nH]c(=O)oc34)c2C1c1ccc(Oc2cccc(Cl)c2OC(F)(F)F)cc1. The summed E-state index contributed by atoms with van der Waals surface area (Å²) in [6, 6.07) is 13.3. The maximum atomic E-state index is 14.3. The third-order valence-corrected chi connectivity index (χ3v) is 6.88. The van der Waals surface area contributed by atoms with Gasteiger partial charge >= 0.3 is 12.1 Å². The summed E-state index contributed by atoms with van der Waals surface area (Å²) in [6.45, 7) is -0.248. The van der Waals surface area contributed by atoms with E-state index in [1.54, 1.807) is 18.2 Å². The van der Waals surface area contributed by atoms with Gasteiger partial charge in [0.1, 0.15) is 17.1 Å². The summed E-state index contributed by atoms with van der Waals surface area (Å²) in [5.74, 6) is -5.69. The number of alkyl halides is 5. The predicted molar refractivity (Wildman–Crippen MR) is 143 cm³/mol. The fourth-order valence-corrected chi connectivity index (χ4v) is 5.20. The van der Waals surface area contributed by atoms with E-state index in [1.807, 2.05) is 0 Å². The Labute approximate surface area is 242 Å². The van der Waals surface area contributed by atoms with Crippen LogP contribution >= 0.6 is 11.6 Å². The molecule has 6 rings (SSSR count). The molecular weight excluding hydrogens is 603 g/mol. The Balaban J connectivity index is 1.41. The van der Waals surface area contributed by atoms with Gasteiger partial charge in [0.2, 0.25) is 0 Å². The largest absolute Gasteiger partial charge is 0.573 e. The number of rotatable bonds is 7. The lowest BCUT2D eigenvalue weighted by molar-refractivity contribution is -0.275. The zero-order valence-corrected chi connectivity index (χ0v) is 22.5. The van der Waals surface area contributed by atoms with Gasteiger partial charge in [-0.1, -0.05) is 35.9 Å². The van der Waals surface area contributed by atoms with Gasteiger partial charge in [0.25, 0.3) is 11.8 Å². The Morgan fingerprint density at radius 2 is 1.74 bits per heavy atom. The number of nitrogens with one attached hydrogen (secondary N) is 2. The Bertz CT molecular complexity index is 1910. The molecule has 0 bridgehead atoms. The van der Waals surface area contributed by atoms with Crippen molar-refractivity contribution < 1.29 is 40.6 Å². The Morgan fingerprint density at radius 1 is 1.02 bits per heavy atom. The summed E-state index contributed by atoms with van der Waals surface area (Å²) in [7, 11) is 0. The molecule has 0 saturated heterocycles. The van der Waals surface area contributed by atoms with E-state index < -0.39 is 42.3 Å². The van der Waals surface area contributed by atoms with Crippen LogP contribution in [0.25, 0.3) is 22.4 Å². The highest BCUT2D eigenvalue weighted by Crippen LogP contribution is 2.46. The van der Waals surface area contributed by atoms with Crippen LogP contribution in [0, 0.1) is 0 Å². The normalized spacial score (nSPS) is 15.3. The summed E-state index contributed by atoms with van der Waals surface area (Å²) < 4.78 is 82.3. The van der Waals surface area contributed by atoms with Crippen molar-refractivity contribution in [3.05, 3.63) is 93.1 Å². The van der Waals surface area contributed by atoms with E-state index in [4.69, 9.17) is 20.8 Å². The molecule has 2 aromatic heterocycles. The van der Waals surface area contributed by atoms with Crippen molar-refractivity contribution in [3.63, 3.8) is 0 Å². The van der Waals surface area contributed by atoms with Crippen LogP contribution < -0.4 is 15.2 Å². The van der Waals surface area contributed by atoms with Gasteiger partial charge in [0, 0.05) is 18.1 Å². The van der Waals surface area contributed by atoms with E-state index in [9.17, 15) is 31.5 Å². The Hall–Kier alpha value is -4.85. The zero-order valence-electron chi connectivity index (χ0n) is 21.8. The number of oxazole rings is 1. The third-order valence-electron chi connectivity index (χ3n) is 6.59. The monoisotopic (exact) mass is 620 g/mol. The number of para-hydroxylation sites is 2. The number of amides is 1.